The normalized spacial score (nSPS) is 12.2. The molecular weight excluding hydrogens is 285 g/mol. The van der Waals surface area contributed by atoms with Crippen molar-refractivity contribution in [3.05, 3.63) is 35.4 Å². The van der Waals surface area contributed by atoms with Gasteiger partial charge in [-0.05, 0) is 11.6 Å². The van der Waals surface area contributed by atoms with Crippen molar-refractivity contribution >= 4 is 5.97 Å². The molecule has 0 atom stereocenters. The molecule has 0 heterocycles. The van der Waals surface area contributed by atoms with Gasteiger partial charge in [0.25, 0.3) is 6.43 Å². The molecule has 0 fully saturated rings. The van der Waals surface area contributed by atoms with Crippen molar-refractivity contribution in [1.29, 1.82) is 0 Å². The first-order valence-corrected chi connectivity index (χ1v) is 5.55. The van der Waals surface area contributed by atoms with Gasteiger partial charge in [0.15, 0.2) is 0 Å². The molecule has 20 heavy (non-hydrogen) atoms. The van der Waals surface area contributed by atoms with E-state index >= 15 is 0 Å². The van der Waals surface area contributed by atoms with E-state index in [9.17, 15) is 26.7 Å². The van der Waals surface area contributed by atoms with E-state index < -0.39 is 31.7 Å². The molecule has 112 valence electrons. The predicted molar refractivity (Wildman–Crippen MR) is 60.4 cm³/mol. The third kappa shape index (κ3) is 5.96. The first kappa shape index (κ1) is 16.4. The molecule has 1 rings (SSSR count). The Labute approximate surface area is 111 Å². The number of benzene rings is 1. The van der Waals surface area contributed by atoms with Crippen LogP contribution in [-0.4, -0.2) is 35.2 Å². The van der Waals surface area contributed by atoms with E-state index in [1.165, 1.54) is 12.1 Å². The van der Waals surface area contributed by atoms with Gasteiger partial charge in [-0.1, -0.05) is 18.2 Å². The van der Waals surface area contributed by atoms with Gasteiger partial charge in [0.05, 0.1) is 13.1 Å². The number of halogens is 5. The number of hydrogen-bond acceptors (Lipinski definition) is 2. The fraction of sp³-hybridized carbons (Fsp3) is 0.417. The van der Waals surface area contributed by atoms with Gasteiger partial charge < -0.3 is 5.11 Å². The fourth-order valence-corrected chi connectivity index (χ4v) is 1.70. The molecule has 0 saturated carbocycles. The van der Waals surface area contributed by atoms with Crippen LogP contribution >= 0.6 is 0 Å². The molecule has 0 aliphatic heterocycles. The maximum absolute atomic E-state index is 12.5. The van der Waals surface area contributed by atoms with Crippen LogP contribution in [0.3, 0.4) is 0 Å². The van der Waals surface area contributed by atoms with Gasteiger partial charge in [-0.25, -0.2) is 8.78 Å². The number of hydrogen-bond donors (Lipinski definition) is 1. The van der Waals surface area contributed by atoms with Crippen LogP contribution in [0, 0.1) is 0 Å². The molecule has 8 heteroatoms. The first-order chi connectivity index (χ1) is 9.17. The lowest BCUT2D eigenvalue weighted by Gasteiger charge is -2.22. The average molecular weight is 297 g/mol. The van der Waals surface area contributed by atoms with Crippen molar-refractivity contribution in [1.82, 2.24) is 4.90 Å². The minimum Gasteiger partial charge on any atom is -0.480 e. The summed E-state index contributed by atoms with van der Waals surface area (Å²) in [5.74, 6) is -1.42. The van der Waals surface area contributed by atoms with E-state index in [1.54, 1.807) is 0 Å². The van der Waals surface area contributed by atoms with Crippen molar-refractivity contribution < 1.29 is 31.9 Å². The van der Waals surface area contributed by atoms with Crippen LogP contribution in [0.2, 0.25) is 0 Å². The predicted octanol–water partition coefficient (Wildman–Crippen LogP) is 3.07. The molecule has 0 saturated heterocycles. The molecule has 0 spiro atoms. The summed E-state index contributed by atoms with van der Waals surface area (Å²) in [7, 11) is 0. The van der Waals surface area contributed by atoms with Gasteiger partial charge in [-0.15, -0.1) is 0 Å². The van der Waals surface area contributed by atoms with Gasteiger partial charge >= 0.3 is 12.1 Å². The fourth-order valence-electron chi connectivity index (χ4n) is 1.70. The Morgan fingerprint density at radius 3 is 2.45 bits per heavy atom. The lowest BCUT2D eigenvalue weighted by molar-refractivity contribution is -0.154. The number of carboxylic acid groups (broad SMARTS) is 1. The average Bonchev–Trinajstić information content (AvgIpc) is 2.25. The summed E-state index contributed by atoms with van der Waals surface area (Å²) in [6.45, 7) is -2.61. The van der Waals surface area contributed by atoms with Gasteiger partial charge in [-0.3, -0.25) is 9.69 Å². The number of nitrogens with zero attached hydrogens (tertiary/aromatic N) is 1. The summed E-state index contributed by atoms with van der Waals surface area (Å²) < 4.78 is 61.9. The minimum absolute atomic E-state index is 0.202. The summed E-state index contributed by atoms with van der Waals surface area (Å²) in [6.07, 6.45) is -7.29. The van der Waals surface area contributed by atoms with Crippen LogP contribution < -0.4 is 0 Å². The Bertz CT molecular complexity index is 461. The maximum Gasteiger partial charge on any atom is 0.401 e. The molecule has 0 amide bonds. The number of carboxylic acids is 1. The molecule has 0 radical (unpaired) electrons. The number of alkyl halides is 5. The van der Waals surface area contributed by atoms with E-state index in [0.29, 0.717) is 4.90 Å². The molecule has 1 aromatic carbocycles. The zero-order valence-electron chi connectivity index (χ0n) is 10.2. The van der Waals surface area contributed by atoms with Crippen molar-refractivity contribution in [2.75, 3.05) is 13.1 Å². The topological polar surface area (TPSA) is 40.5 Å². The van der Waals surface area contributed by atoms with E-state index in [0.717, 1.165) is 12.1 Å². The standard InChI is InChI=1S/C12H12F5NO2/c13-11(14)9-3-1-2-8(4-9)5-18(6-10(19)20)7-12(15,16)17/h1-4,11H,5-7H2,(H,19,20). The molecule has 1 aromatic rings. The van der Waals surface area contributed by atoms with Crippen LogP contribution in [-0.2, 0) is 11.3 Å². The van der Waals surface area contributed by atoms with Gasteiger partial charge in [0.1, 0.15) is 0 Å². The van der Waals surface area contributed by atoms with E-state index in [-0.39, 0.29) is 17.7 Å². The Morgan fingerprint density at radius 1 is 1.30 bits per heavy atom. The first-order valence-electron chi connectivity index (χ1n) is 5.55. The Balaban J connectivity index is 2.83. The summed E-state index contributed by atoms with van der Waals surface area (Å²) in [5, 5.41) is 8.57. The van der Waals surface area contributed by atoms with E-state index in [1.807, 2.05) is 0 Å². The van der Waals surface area contributed by atoms with Crippen molar-refractivity contribution in [3.8, 4) is 0 Å². The molecule has 0 bridgehead atoms. The van der Waals surface area contributed by atoms with Crippen LogP contribution in [0.25, 0.3) is 0 Å². The quantitative estimate of drug-likeness (QED) is 0.820. The van der Waals surface area contributed by atoms with Crippen LogP contribution in [0.4, 0.5) is 22.0 Å². The Morgan fingerprint density at radius 2 is 1.95 bits per heavy atom. The lowest BCUT2D eigenvalue weighted by atomic mass is 10.1. The Hall–Kier alpha value is -1.70. The highest BCUT2D eigenvalue weighted by Gasteiger charge is 2.31. The van der Waals surface area contributed by atoms with Crippen LogP contribution in [0.15, 0.2) is 24.3 Å². The molecule has 0 aromatic heterocycles. The van der Waals surface area contributed by atoms with Gasteiger partial charge in [-0.2, -0.15) is 13.2 Å². The monoisotopic (exact) mass is 297 g/mol. The van der Waals surface area contributed by atoms with Crippen LogP contribution in [0.5, 0.6) is 0 Å². The third-order valence-electron chi connectivity index (χ3n) is 2.37. The van der Waals surface area contributed by atoms with Gasteiger partial charge in [0.2, 0.25) is 0 Å². The van der Waals surface area contributed by atoms with Crippen molar-refractivity contribution in [2.45, 2.75) is 19.1 Å². The smallest absolute Gasteiger partial charge is 0.401 e. The van der Waals surface area contributed by atoms with Gasteiger partial charge in [0, 0.05) is 12.1 Å². The highest BCUT2D eigenvalue weighted by Crippen LogP contribution is 2.22. The van der Waals surface area contributed by atoms with Crippen LogP contribution in [0.1, 0.15) is 17.6 Å². The third-order valence-corrected chi connectivity index (χ3v) is 2.37. The minimum atomic E-state index is -4.56. The summed E-state index contributed by atoms with van der Waals surface area (Å²) >= 11 is 0. The molecular formula is C12H12F5NO2. The Kier molecular flexibility index (Phi) is 5.43. The lowest BCUT2D eigenvalue weighted by Crippen LogP contribution is -2.37. The summed E-state index contributed by atoms with van der Waals surface area (Å²) in [5.41, 5.74) is -0.113. The second kappa shape index (κ2) is 6.65. The molecule has 0 unspecified atom stereocenters. The maximum atomic E-state index is 12.5. The summed E-state index contributed by atoms with van der Waals surface area (Å²) in [6, 6.07) is 4.88. The number of carbonyl (C=O) groups is 1. The number of rotatable bonds is 6. The highest BCUT2D eigenvalue weighted by molar-refractivity contribution is 5.69. The molecule has 3 nitrogen and oxygen atoms in total. The zero-order chi connectivity index (χ0) is 15.3. The van der Waals surface area contributed by atoms with Crippen molar-refractivity contribution in [2.24, 2.45) is 0 Å². The summed E-state index contributed by atoms with van der Waals surface area (Å²) in [4.78, 5) is 11.2. The largest absolute Gasteiger partial charge is 0.480 e. The molecule has 0 aliphatic carbocycles. The SMILES string of the molecule is O=C(O)CN(Cc1cccc(C(F)F)c1)CC(F)(F)F. The second-order valence-electron chi connectivity index (χ2n) is 4.20. The van der Waals surface area contributed by atoms with Crippen molar-refractivity contribution in [3.63, 3.8) is 0 Å². The zero-order valence-corrected chi connectivity index (χ0v) is 10.2. The molecule has 1 N–H and O–H groups in total. The number of aliphatic carboxylic acids is 1. The van der Waals surface area contributed by atoms with E-state index in [4.69, 9.17) is 5.11 Å². The molecule has 0 aliphatic rings. The van der Waals surface area contributed by atoms with E-state index in [2.05, 4.69) is 0 Å². The second-order valence-corrected chi connectivity index (χ2v) is 4.20. The highest BCUT2D eigenvalue weighted by atomic mass is 19.4.